The summed E-state index contributed by atoms with van der Waals surface area (Å²) < 4.78 is 0. The number of amides is 1. The van der Waals surface area contributed by atoms with Gasteiger partial charge in [0.25, 0.3) is 0 Å². The highest BCUT2D eigenvalue weighted by Gasteiger charge is 2.45. The first-order valence-corrected chi connectivity index (χ1v) is 9.46. The second-order valence-electron chi connectivity index (χ2n) is 7.48. The first kappa shape index (κ1) is 20.5. The number of carbonyl (C=O) groups is 3. The lowest BCUT2D eigenvalue weighted by molar-refractivity contribution is -0.142. The van der Waals surface area contributed by atoms with Crippen molar-refractivity contribution in [3.8, 4) is 0 Å². The van der Waals surface area contributed by atoms with E-state index in [1.54, 1.807) is 19.1 Å². The molecule has 0 aliphatic carbocycles. The minimum absolute atomic E-state index is 0.285. The van der Waals surface area contributed by atoms with Crippen molar-refractivity contribution in [1.82, 2.24) is 5.32 Å². The van der Waals surface area contributed by atoms with E-state index in [1.807, 2.05) is 42.5 Å². The smallest absolute Gasteiger partial charge is 0.323 e. The maximum atomic E-state index is 13.2. The van der Waals surface area contributed by atoms with Gasteiger partial charge in [-0.1, -0.05) is 48.5 Å². The summed E-state index contributed by atoms with van der Waals surface area (Å²) in [5.41, 5.74) is 1.15. The summed E-state index contributed by atoms with van der Waals surface area (Å²) in [5, 5.41) is 22.0. The van der Waals surface area contributed by atoms with Crippen LogP contribution in [0.4, 0.5) is 5.69 Å². The maximum Gasteiger partial charge on any atom is 0.323 e. The van der Waals surface area contributed by atoms with Crippen LogP contribution in [0.15, 0.2) is 54.6 Å². The van der Waals surface area contributed by atoms with Crippen LogP contribution in [-0.2, 0) is 27.2 Å². The normalized spacial score (nSPS) is 19.5. The van der Waals surface area contributed by atoms with Crippen LogP contribution in [-0.4, -0.2) is 46.2 Å². The first-order chi connectivity index (χ1) is 13.8. The fraction of sp³-hybridized carbons (Fsp3) is 0.318. The third kappa shape index (κ3) is 4.63. The minimum Gasteiger partial charge on any atom is -0.480 e. The summed E-state index contributed by atoms with van der Waals surface area (Å²) in [4.78, 5) is 37.6. The molecule has 1 heterocycles. The summed E-state index contributed by atoms with van der Waals surface area (Å²) in [7, 11) is 0. The highest BCUT2D eigenvalue weighted by Crippen LogP contribution is 2.33. The number of carbonyl (C=O) groups excluding carboxylic acids is 1. The Hall–Kier alpha value is -3.19. The SMILES string of the molecule is CC1(NC(CCc2ccccc2)C(=O)O)Cc2ccccc2N(CC(=O)O)C1=O. The second kappa shape index (κ2) is 8.45. The molecule has 2 aromatic carbocycles. The lowest BCUT2D eigenvalue weighted by Crippen LogP contribution is -2.64. The Balaban J connectivity index is 1.84. The summed E-state index contributed by atoms with van der Waals surface area (Å²) in [6, 6.07) is 15.7. The molecule has 0 radical (unpaired) electrons. The van der Waals surface area contributed by atoms with Crippen LogP contribution in [0, 0.1) is 0 Å². The zero-order valence-corrected chi connectivity index (χ0v) is 16.2. The predicted molar refractivity (Wildman–Crippen MR) is 108 cm³/mol. The third-order valence-corrected chi connectivity index (χ3v) is 5.19. The van der Waals surface area contributed by atoms with Crippen molar-refractivity contribution in [2.24, 2.45) is 0 Å². The van der Waals surface area contributed by atoms with Crippen LogP contribution in [0.2, 0.25) is 0 Å². The molecule has 2 aromatic rings. The van der Waals surface area contributed by atoms with Crippen molar-refractivity contribution >= 4 is 23.5 Å². The van der Waals surface area contributed by atoms with E-state index < -0.39 is 36.0 Å². The molecule has 3 rings (SSSR count). The fourth-order valence-corrected chi connectivity index (χ4v) is 3.79. The van der Waals surface area contributed by atoms with Gasteiger partial charge in [0.1, 0.15) is 18.1 Å². The Morgan fingerprint density at radius 2 is 1.76 bits per heavy atom. The monoisotopic (exact) mass is 396 g/mol. The number of para-hydroxylation sites is 1. The van der Waals surface area contributed by atoms with E-state index in [9.17, 15) is 24.6 Å². The maximum absolute atomic E-state index is 13.2. The number of nitrogens with zero attached hydrogens (tertiary/aromatic N) is 1. The number of carboxylic acid groups (broad SMARTS) is 2. The number of hydrogen-bond acceptors (Lipinski definition) is 4. The highest BCUT2D eigenvalue weighted by atomic mass is 16.4. The summed E-state index contributed by atoms with van der Waals surface area (Å²) in [6.45, 7) is 1.16. The van der Waals surface area contributed by atoms with Gasteiger partial charge in [0.05, 0.1) is 0 Å². The molecule has 0 bridgehead atoms. The molecular weight excluding hydrogens is 372 g/mol. The second-order valence-corrected chi connectivity index (χ2v) is 7.48. The molecule has 0 spiro atoms. The summed E-state index contributed by atoms with van der Waals surface area (Å²) in [6.07, 6.45) is 1.14. The molecule has 2 atom stereocenters. The number of benzene rings is 2. The van der Waals surface area contributed by atoms with Crippen molar-refractivity contribution in [1.29, 1.82) is 0 Å². The Morgan fingerprint density at radius 3 is 2.41 bits per heavy atom. The van der Waals surface area contributed by atoms with Gasteiger partial charge in [-0.2, -0.15) is 0 Å². The van der Waals surface area contributed by atoms with Gasteiger partial charge in [0, 0.05) is 12.1 Å². The molecule has 152 valence electrons. The van der Waals surface area contributed by atoms with E-state index in [0.717, 1.165) is 11.1 Å². The highest BCUT2D eigenvalue weighted by molar-refractivity contribution is 6.05. The molecule has 2 unspecified atom stereocenters. The van der Waals surface area contributed by atoms with E-state index in [0.29, 0.717) is 18.5 Å². The number of rotatable bonds is 8. The molecule has 0 saturated carbocycles. The Kier molecular flexibility index (Phi) is 5.98. The van der Waals surface area contributed by atoms with Crippen LogP contribution in [0.25, 0.3) is 0 Å². The van der Waals surface area contributed by atoms with Crippen LogP contribution in [0.5, 0.6) is 0 Å². The number of hydrogen-bond donors (Lipinski definition) is 3. The standard InChI is InChI=1S/C22H24N2O5/c1-22(23-17(20(27)28)12-11-15-7-3-2-4-8-15)13-16-9-5-6-10-18(16)24(21(22)29)14-19(25)26/h2-10,17,23H,11-14H2,1H3,(H,25,26)(H,27,28). The first-order valence-electron chi connectivity index (χ1n) is 9.46. The lowest BCUT2D eigenvalue weighted by Gasteiger charge is -2.41. The Labute approximate surface area is 169 Å². The lowest BCUT2D eigenvalue weighted by atomic mass is 9.84. The summed E-state index contributed by atoms with van der Waals surface area (Å²) >= 11 is 0. The molecule has 0 aromatic heterocycles. The molecule has 0 saturated heterocycles. The topological polar surface area (TPSA) is 107 Å². The average Bonchev–Trinajstić information content (AvgIpc) is 2.69. The molecule has 1 aliphatic heterocycles. The molecular formula is C22H24N2O5. The van der Waals surface area contributed by atoms with E-state index in [4.69, 9.17) is 0 Å². The average molecular weight is 396 g/mol. The number of carboxylic acids is 2. The van der Waals surface area contributed by atoms with Crippen molar-refractivity contribution in [2.45, 2.75) is 37.8 Å². The minimum atomic E-state index is -1.22. The Bertz CT molecular complexity index is 914. The number of fused-ring (bicyclic) bond motifs is 1. The van der Waals surface area contributed by atoms with Crippen molar-refractivity contribution in [2.75, 3.05) is 11.4 Å². The van der Waals surface area contributed by atoms with Crippen molar-refractivity contribution in [3.05, 3.63) is 65.7 Å². The number of nitrogens with one attached hydrogen (secondary N) is 1. The van der Waals surface area contributed by atoms with E-state index in [2.05, 4.69) is 5.32 Å². The molecule has 1 amide bonds. The molecule has 7 nitrogen and oxygen atoms in total. The van der Waals surface area contributed by atoms with Crippen LogP contribution in [0.3, 0.4) is 0 Å². The Morgan fingerprint density at radius 1 is 1.10 bits per heavy atom. The number of aliphatic carboxylic acids is 2. The van der Waals surface area contributed by atoms with Gasteiger partial charge in [0.15, 0.2) is 0 Å². The van der Waals surface area contributed by atoms with Gasteiger partial charge in [0.2, 0.25) is 5.91 Å². The van der Waals surface area contributed by atoms with E-state index in [-0.39, 0.29) is 6.42 Å². The van der Waals surface area contributed by atoms with Crippen molar-refractivity contribution < 1.29 is 24.6 Å². The largest absolute Gasteiger partial charge is 0.480 e. The van der Waals surface area contributed by atoms with E-state index >= 15 is 0 Å². The number of aryl methyl sites for hydroxylation is 1. The number of anilines is 1. The molecule has 7 heteroatoms. The zero-order chi connectivity index (χ0) is 21.0. The fourth-order valence-electron chi connectivity index (χ4n) is 3.79. The van der Waals surface area contributed by atoms with Crippen molar-refractivity contribution in [3.63, 3.8) is 0 Å². The zero-order valence-electron chi connectivity index (χ0n) is 16.2. The third-order valence-electron chi connectivity index (χ3n) is 5.19. The van der Waals surface area contributed by atoms with Gasteiger partial charge in [-0.25, -0.2) is 0 Å². The summed E-state index contributed by atoms with van der Waals surface area (Å²) in [5.74, 6) is -2.61. The van der Waals surface area contributed by atoms with E-state index in [1.165, 1.54) is 4.90 Å². The molecule has 0 fully saturated rings. The van der Waals surface area contributed by atoms with Crippen LogP contribution >= 0.6 is 0 Å². The van der Waals surface area contributed by atoms with Gasteiger partial charge < -0.3 is 10.2 Å². The van der Waals surface area contributed by atoms with Gasteiger partial charge in [-0.05, 0) is 37.0 Å². The predicted octanol–water partition coefficient (Wildman–Crippen LogP) is 2.09. The van der Waals surface area contributed by atoms with Gasteiger partial charge >= 0.3 is 11.9 Å². The quantitative estimate of drug-likeness (QED) is 0.631. The van der Waals surface area contributed by atoms with Crippen LogP contribution < -0.4 is 10.2 Å². The van der Waals surface area contributed by atoms with Crippen LogP contribution in [0.1, 0.15) is 24.5 Å². The molecule has 1 aliphatic rings. The molecule has 29 heavy (non-hydrogen) atoms. The van der Waals surface area contributed by atoms with Gasteiger partial charge in [-0.3, -0.25) is 24.6 Å². The van der Waals surface area contributed by atoms with Gasteiger partial charge in [-0.15, -0.1) is 0 Å². The molecule has 3 N–H and O–H groups in total.